The Morgan fingerprint density at radius 1 is 1.06 bits per heavy atom. The maximum absolute atomic E-state index is 4.02. The fourth-order valence-corrected chi connectivity index (χ4v) is 2.20. The fraction of sp³-hybridized carbons (Fsp3) is 0.800. The highest BCUT2D eigenvalue weighted by Crippen LogP contribution is 2.22. The quantitative estimate of drug-likeness (QED) is 0.473. The molecule has 0 heterocycles. The highest BCUT2D eigenvalue weighted by atomic mass is 32.2. The monoisotopic (exact) mass is 241 g/mol. The van der Waals surface area contributed by atoms with Crippen LogP contribution < -0.4 is 0 Å². The van der Waals surface area contributed by atoms with Gasteiger partial charge in [0.25, 0.3) is 0 Å². The molecule has 0 spiro atoms. The van der Waals surface area contributed by atoms with Gasteiger partial charge in [0.2, 0.25) is 0 Å². The number of hydrogen-bond donors (Lipinski definition) is 0. The van der Waals surface area contributed by atoms with E-state index in [1.807, 2.05) is 0 Å². The summed E-state index contributed by atoms with van der Waals surface area (Å²) in [5, 5.41) is 0. The molecule has 0 aliphatic heterocycles. The molecule has 0 aromatic rings. The number of rotatable bonds is 10. The first-order chi connectivity index (χ1) is 7.60. The van der Waals surface area contributed by atoms with Crippen molar-refractivity contribution in [1.29, 1.82) is 0 Å². The summed E-state index contributed by atoms with van der Waals surface area (Å²) in [7, 11) is 0. The molecular weight excluding hydrogens is 212 g/mol. The fourth-order valence-electron chi connectivity index (χ4n) is 1.85. The maximum atomic E-state index is 4.02. The van der Waals surface area contributed by atoms with E-state index < -0.39 is 0 Å². The van der Waals surface area contributed by atoms with E-state index in [2.05, 4.69) is 33.6 Å². The average Bonchev–Trinajstić information content (AvgIpc) is 2.28. The van der Waals surface area contributed by atoms with Crippen LogP contribution in [0.2, 0.25) is 0 Å². The average molecular weight is 241 g/mol. The first-order valence-electron chi connectivity index (χ1n) is 6.61. The third-order valence-electron chi connectivity index (χ3n) is 3.33. The second-order valence-electron chi connectivity index (χ2n) is 5.06. The second-order valence-corrected chi connectivity index (χ2v) is 6.05. The van der Waals surface area contributed by atoms with Crippen LogP contribution in [0, 0.1) is 18.8 Å². The predicted octanol–water partition coefficient (Wildman–Crippen LogP) is 5.70. The minimum Gasteiger partial charge on any atom is -0.135 e. The highest BCUT2D eigenvalue weighted by molar-refractivity contribution is 8.02. The van der Waals surface area contributed by atoms with E-state index in [9.17, 15) is 0 Å². The molecule has 1 radical (unpaired) electrons. The normalized spacial score (nSPS) is 14.8. The molecule has 0 aliphatic rings. The SMILES string of the molecule is [CH2]CC(C)CCCC(C)CCCC(=C)SC. The Morgan fingerprint density at radius 2 is 1.62 bits per heavy atom. The van der Waals surface area contributed by atoms with Gasteiger partial charge in [-0.2, -0.15) is 0 Å². The van der Waals surface area contributed by atoms with Crippen LogP contribution in [0.5, 0.6) is 0 Å². The molecule has 1 heteroatoms. The maximum Gasteiger partial charge on any atom is -0.0140 e. The van der Waals surface area contributed by atoms with Gasteiger partial charge in [0.05, 0.1) is 0 Å². The van der Waals surface area contributed by atoms with Crippen molar-refractivity contribution >= 4 is 11.8 Å². The minimum atomic E-state index is 0.809. The lowest BCUT2D eigenvalue weighted by Crippen LogP contribution is -1.98. The van der Waals surface area contributed by atoms with Crippen LogP contribution in [0.1, 0.15) is 58.8 Å². The molecule has 16 heavy (non-hydrogen) atoms. The van der Waals surface area contributed by atoms with E-state index in [0.717, 1.165) is 18.3 Å². The molecular formula is C15H29S. The third-order valence-corrected chi connectivity index (χ3v) is 4.11. The Bertz CT molecular complexity index is 174. The van der Waals surface area contributed by atoms with Gasteiger partial charge in [-0.3, -0.25) is 0 Å². The zero-order chi connectivity index (χ0) is 12.4. The van der Waals surface area contributed by atoms with Gasteiger partial charge in [-0.25, -0.2) is 0 Å². The first kappa shape index (κ1) is 16.1. The minimum absolute atomic E-state index is 0.809. The van der Waals surface area contributed by atoms with Gasteiger partial charge in [0, 0.05) is 0 Å². The molecule has 0 fully saturated rings. The lowest BCUT2D eigenvalue weighted by Gasteiger charge is -2.13. The molecule has 0 rings (SSSR count). The van der Waals surface area contributed by atoms with Crippen molar-refractivity contribution in [1.82, 2.24) is 0 Å². The van der Waals surface area contributed by atoms with Crippen LogP contribution in [-0.2, 0) is 0 Å². The molecule has 0 bridgehead atoms. The largest absolute Gasteiger partial charge is 0.135 e. The molecule has 95 valence electrons. The van der Waals surface area contributed by atoms with Crippen LogP contribution in [0.15, 0.2) is 11.5 Å². The molecule has 0 amide bonds. The summed E-state index contributed by atoms with van der Waals surface area (Å²) in [6.45, 7) is 12.7. The van der Waals surface area contributed by atoms with E-state index in [1.165, 1.54) is 43.4 Å². The van der Waals surface area contributed by atoms with Gasteiger partial charge in [0.1, 0.15) is 0 Å². The first-order valence-corrected chi connectivity index (χ1v) is 7.83. The number of hydrogen-bond acceptors (Lipinski definition) is 1. The molecule has 0 saturated heterocycles. The van der Waals surface area contributed by atoms with E-state index in [1.54, 1.807) is 11.8 Å². The molecule has 2 unspecified atom stereocenters. The Hall–Kier alpha value is 0.0900. The molecule has 0 aromatic heterocycles. The zero-order valence-corrected chi connectivity index (χ0v) is 12.2. The van der Waals surface area contributed by atoms with Gasteiger partial charge in [-0.1, -0.05) is 59.5 Å². The van der Waals surface area contributed by atoms with Crippen molar-refractivity contribution in [3.63, 3.8) is 0 Å². The molecule has 0 saturated carbocycles. The Balaban J connectivity index is 3.37. The zero-order valence-electron chi connectivity index (χ0n) is 11.4. The van der Waals surface area contributed by atoms with E-state index in [4.69, 9.17) is 0 Å². The van der Waals surface area contributed by atoms with Crippen LogP contribution >= 0.6 is 11.8 Å². The molecule has 0 aromatic carbocycles. The summed E-state index contributed by atoms with van der Waals surface area (Å²) >= 11 is 1.80. The lowest BCUT2D eigenvalue weighted by molar-refractivity contribution is 0.418. The third kappa shape index (κ3) is 9.33. The van der Waals surface area contributed by atoms with Crippen LogP contribution in [-0.4, -0.2) is 6.26 Å². The summed E-state index contributed by atoms with van der Waals surface area (Å²) in [6, 6.07) is 0. The van der Waals surface area contributed by atoms with Crippen LogP contribution in [0.3, 0.4) is 0 Å². The van der Waals surface area contributed by atoms with Gasteiger partial charge < -0.3 is 0 Å². The Labute approximate surface area is 107 Å². The number of thioether (sulfide) groups is 1. The smallest absolute Gasteiger partial charge is 0.0140 e. The van der Waals surface area contributed by atoms with Crippen molar-refractivity contribution in [2.24, 2.45) is 11.8 Å². The topological polar surface area (TPSA) is 0 Å². The van der Waals surface area contributed by atoms with Crippen molar-refractivity contribution in [3.8, 4) is 0 Å². The van der Waals surface area contributed by atoms with Crippen LogP contribution in [0.25, 0.3) is 0 Å². The van der Waals surface area contributed by atoms with E-state index in [0.29, 0.717) is 0 Å². The number of allylic oxidation sites excluding steroid dienone is 1. The summed E-state index contributed by atoms with van der Waals surface area (Å²) in [4.78, 5) is 1.33. The molecule has 2 atom stereocenters. The van der Waals surface area contributed by atoms with Crippen LogP contribution in [0.4, 0.5) is 0 Å². The van der Waals surface area contributed by atoms with Gasteiger partial charge in [-0.05, 0) is 35.8 Å². The van der Waals surface area contributed by atoms with Gasteiger partial charge in [0.15, 0.2) is 0 Å². The van der Waals surface area contributed by atoms with E-state index in [-0.39, 0.29) is 0 Å². The van der Waals surface area contributed by atoms with Gasteiger partial charge >= 0.3 is 0 Å². The van der Waals surface area contributed by atoms with Crippen molar-refractivity contribution in [3.05, 3.63) is 18.4 Å². The Morgan fingerprint density at radius 3 is 2.19 bits per heavy atom. The summed E-state index contributed by atoms with van der Waals surface area (Å²) in [5.41, 5.74) is 0. The van der Waals surface area contributed by atoms with Crippen molar-refractivity contribution in [2.75, 3.05) is 6.26 Å². The van der Waals surface area contributed by atoms with Crippen molar-refractivity contribution < 1.29 is 0 Å². The highest BCUT2D eigenvalue weighted by Gasteiger charge is 2.04. The van der Waals surface area contributed by atoms with Gasteiger partial charge in [-0.15, -0.1) is 11.8 Å². The standard InChI is InChI=1S/C15H29S/c1-6-13(2)9-7-10-14(3)11-8-12-15(4)16-5/h13-14H,1,4,6-12H2,2-3,5H3. The summed E-state index contributed by atoms with van der Waals surface area (Å²) in [5.74, 6) is 1.69. The second kappa shape index (κ2) is 10.3. The Kier molecular flexibility index (Phi) is 10.3. The summed E-state index contributed by atoms with van der Waals surface area (Å²) in [6.07, 6.45) is 11.2. The van der Waals surface area contributed by atoms with Crippen molar-refractivity contribution in [2.45, 2.75) is 58.8 Å². The lowest BCUT2D eigenvalue weighted by atomic mass is 9.94. The molecule has 0 nitrogen and oxygen atoms in total. The molecule has 0 N–H and O–H groups in total. The molecule has 0 aliphatic carbocycles. The predicted molar refractivity (Wildman–Crippen MR) is 78.7 cm³/mol. The summed E-state index contributed by atoms with van der Waals surface area (Å²) < 4.78 is 0. The van der Waals surface area contributed by atoms with E-state index >= 15 is 0 Å².